The molecule has 2 aromatic carbocycles. The average molecular weight is 386 g/mol. The summed E-state index contributed by atoms with van der Waals surface area (Å²) in [5, 5.41) is 3.79. The van der Waals surface area contributed by atoms with Crippen LogP contribution in [-0.2, 0) is 4.79 Å². The lowest BCUT2D eigenvalue weighted by molar-refractivity contribution is -0.123. The summed E-state index contributed by atoms with van der Waals surface area (Å²) >= 11 is 5.93. The summed E-state index contributed by atoms with van der Waals surface area (Å²) in [5.41, 5.74) is 5.05. The first-order chi connectivity index (χ1) is 12.9. The Morgan fingerprint density at radius 2 is 1.74 bits per heavy atom. The smallest absolute Gasteiger partial charge is 0.234 e. The predicted molar refractivity (Wildman–Crippen MR) is 113 cm³/mol. The molecule has 1 aliphatic heterocycles. The highest BCUT2D eigenvalue weighted by Gasteiger charge is 2.21. The summed E-state index contributed by atoms with van der Waals surface area (Å²) in [6.45, 7) is 10.5. The number of halogens is 1. The third-order valence-corrected chi connectivity index (χ3v) is 5.66. The molecule has 1 saturated heterocycles. The van der Waals surface area contributed by atoms with Crippen LogP contribution in [0.4, 0.5) is 5.69 Å². The monoisotopic (exact) mass is 385 g/mol. The second-order valence-corrected chi connectivity index (χ2v) is 7.76. The van der Waals surface area contributed by atoms with E-state index in [4.69, 9.17) is 11.6 Å². The van der Waals surface area contributed by atoms with Gasteiger partial charge in [0.2, 0.25) is 5.91 Å². The first kappa shape index (κ1) is 19.7. The number of hydrogen-bond donors (Lipinski definition) is 1. The number of carbonyl (C=O) groups is 1. The number of nitrogens with one attached hydrogen (secondary N) is 1. The number of rotatable bonds is 5. The fraction of sp³-hybridized carbons (Fsp3) is 0.409. The van der Waals surface area contributed by atoms with Crippen molar-refractivity contribution in [2.24, 2.45) is 0 Å². The summed E-state index contributed by atoms with van der Waals surface area (Å²) in [6.07, 6.45) is 0. The fourth-order valence-electron chi connectivity index (χ4n) is 3.55. The van der Waals surface area contributed by atoms with Crippen molar-refractivity contribution in [2.45, 2.75) is 26.8 Å². The largest absolute Gasteiger partial charge is 0.369 e. The number of carbonyl (C=O) groups excluding carboxylic acids is 1. The minimum atomic E-state index is -0.0222. The van der Waals surface area contributed by atoms with E-state index in [9.17, 15) is 4.79 Å². The van der Waals surface area contributed by atoms with E-state index in [1.54, 1.807) is 0 Å². The van der Waals surface area contributed by atoms with Gasteiger partial charge in [0.15, 0.2) is 0 Å². The maximum absolute atomic E-state index is 12.4. The van der Waals surface area contributed by atoms with Gasteiger partial charge < -0.3 is 10.2 Å². The number of nitrogens with zero attached hydrogens (tertiary/aromatic N) is 2. The normalized spacial score (nSPS) is 16.2. The number of benzene rings is 2. The summed E-state index contributed by atoms with van der Waals surface area (Å²) in [5.74, 6) is 0.0673. The van der Waals surface area contributed by atoms with Gasteiger partial charge in [-0.15, -0.1) is 0 Å². The predicted octanol–water partition coefficient (Wildman–Crippen LogP) is 3.96. The van der Waals surface area contributed by atoms with Crippen LogP contribution in [0.1, 0.15) is 29.7 Å². The molecule has 1 N–H and O–H groups in total. The van der Waals surface area contributed by atoms with Crippen molar-refractivity contribution >= 4 is 23.2 Å². The van der Waals surface area contributed by atoms with Crippen LogP contribution in [-0.4, -0.2) is 43.5 Å². The van der Waals surface area contributed by atoms with Crippen LogP contribution in [0, 0.1) is 13.8 Å². The van der Waals surface area contributed by atoms with E-state index in [1.807, 2.05) is 31.2 Å². The highest BCUT2D eigenvalue weighted by atomic mass is 35.5. The number of hydrogen-bond acceptors (Lipinski definition) is 3. The van der Waals surface area contributed by atoms with Crippen molar-refractivity contribution in [3.8, 4) is 0 Å². The zero-order chi connectivity index (χ0) is 19.4. The van der Waals surface area contributed by atoms with Gasteiger partial charge in [-0.25, -0.2) is 0 Å². The number of aryl methyl sites for hydroxylation is 1. The molecular weight excluding hydrogens is 358 g/mol. The topological polar surface area (TPSA) is 35.6 Å². The van der Waals surface area contributed by atoms with Crippen molar-refractivity contribution in [1.29, 1.82) is 0 Å². The fourth-order valence-corrected chi connectivity index (χ4v) is 3.68. The molecule has 1 amide bonds. The number of amides is 1. The summed E-state index contributed by atoms with van der Waals surface area (Å²) < 4.78 is 0. The first-order valence-electron chi connectivity index (χ1n) is 9.52. The molecule has 144 valence electrons. The Kier molecular flexibility index (Phi) is 6.40. The van der Waals surface area contributed by atoms with E-state index in [-0.39, 0.29) is 11.9 Å². The molecule has 1 atom stereocenters. The van der Waals surface area contributed by atoms with Crippen LogP contribution in [0.5, 0.6) is 0 Å². The van der Waals surface area contributed by atoms with E-state index >= 15 is 0 Å². The molecule has 4 nitrogen and oxygen atoms in total. The van der Waals surface area contributed by atoms with Crippen LogP contribution in [0.2, 0.25) is 5.02 Å². The Bertz CT molecular complexity index is 783. The minimum Gasteiger partial charge on any atom is -0.369 e. The van der Waals surface area contributed by atoms with Crippen molar-refractivity contribution in [1.82, 2.24) is 10.2 Å². The van der Waals surface area contributed by atoms with E-state index < -0.39 is 0 Å². The molecule has 2 aromatic rings. The maximum atomic E-state index is 12.4. The third-order valence-electron chi connectivity index (χ3n) is 5.40. The molecule has 3 rings (SSSR count). The Morgan fingerprint density at radius 1 is 1.07 bits per heavy atom. The zero-order valence-electron chi connectivity index (χ0n) is 16.3. The van der Waals surface area contributed by atoms with E-state index in [0.717, 1.165) is 31.7 Å². The summed E-state index contributed by atoms with van der Waals surface area (Å²) in [6, 6.07) is 14.1. The second kappa shape index (κ2) is 8.77. The van der Waals surface area contributed by atoms with E-state index in [1.165, 1.54) is 16.8 Å². The van der Waals surface area contributed by atoms with Gasteiger partial charge in [-0.05, 0) is 55.7 Å². The lowest BCUT2D eigenvalue weighted by Crippen LogP contribution is -2.49. The number of piperazine rings is 1. The third kappa shape index (κ3) is 5.02. The molecule has 0 radical (unpaired) electrons. The molecule has 0 unspecified atom stereocenters. The molecule has 0 aromatic heterocycles. The Hall–Kier alpha value is -2.04. The van der Waals surface area contributed by atoms with Gasteiger partial charge in [-0.3, -0.25) is 9.69 Å². The van der Waals surface area contributed by atoms with Crippen molar-refractivity contribution in [3.05, 3.63) is 64.2 Å². The zero-order valence-corrected chi connectivity index (χ0v) is 17.1. The molecule has 0 spiro atoms. The minimum absolute atomic E-state index is 0.0222. The molecule has 0 saturated carbocycles. The van der Waals surface area contributed by atoms with Crippen molar-refractivity contribution in [2.75, 3.05) is 37.6 Å². The van der Waals surface area contributed by atoms with Gasteiger partial charge in [0.1, 0.15) is 0 Å². The quantitative estimate of drug-likeness (QED) is 0.846. The molecule has 27 heavy (non-hydrogen) atoms. The average Bonchev–Trinajstić information content (AvgIpc) is 2.65. The van der Waals surface area contributed by atoms with E-state index in [0.29, 0.717) is 11.6 Å². The van der Waals surface area contributed by atoms with E-state index in [2.05, 4.69) is 47.2 Å². The van der Waals surface area contributed by atoms with Crippen LogP contribution in [0.3, 0.4) is 0 Å². The van der Waals surface area contributed by atoms with Gasteiger partial charge in [0.25, 0.3) is 0 Å². The van der Waals surface area contributed by atoms with Gasteiger partial charge in [0, 0.05) is 36.9 Å². The van der Waals surface area contributed by atoms with Gasteiger partial charge in [-0.2, -0.15) is 0 Å². The van der Waals surface area contributed by atoms with Crippen LogP contribution < -0.4 is 10.2 Å². The summed E-state index contributed by atoms with van der Waals surface area (Å²) in [7, 11) is 0. The number of anilines is 1. The highest BCUT2D eigenvalue weighted by Crippen LogP contribution is 2.23. The molecule has 1 heterocycles. The van der Waals surface area contributed by atoms with Gasteiger partial charge >= 0.3 is 0 Å². The molecule has 5 heteroatoms. The molecular formula is C22H28ClN3O. The van der Waals surface area contributed by atoms with Crippen LogP contribution in [0.15, 0.2) is 42.5 Å². The lowest BCUT2D eigenvalue weighted by Gasteiger charge is -2.36. The van der Waals surface area contributed by atoms with Crippen LogP contribution in [0.25, 0.3) is 0 Å². The summed E-state index contributed by atoms with van der Waals surface area (Å²) in [4.78, 5) is 17.1. The Balaban J connectivity index is 1.49. The van der Waals surface area contributed by atoms with Crippen molar-refractivity contribution < 1.29 is 4.79 Å². The standard InChI is InChI=1S/C22H28ClN3O/c1-16-5-4-6-21(17(16)2)26-13-11-25(12-14-26)15-22(27)24-18(3)19-7-9-20(23)10-8-19/h4-10,18H,11-15H2,1-3H3,(H,24,27)/t18-/m0/s1. The second-order valence-electron chi connectivity index (χ2n) is 7.32. The molecule has 1 fully saturated rings. The Morgan fingerprint density at radius 3 is 2.41 bits per heavy atom. The molecule has 0 bridgehead atoms. The lowest BCUT2D eigenvalue weighted by atomic mass is 10.1. The SMILES string of the molecule is Cc1cccc(N2CCN(CC(=O)N[C@@H](C)c3ccc(Cl)cc3)CC2)c1C. The van der Waals surface area contributed by atoms with Gasteiger partial charge in [0.05, 0.1) is 12.6 Å². The van der Waals surface area contributed by atoms with Gasteiger partial charge in [-0.1, -0.05) is 35.9 Å². The highest BCUT2D eigenvalue weighted by molar-refractivity contribution is 6.30. The Labute approximate surface area is 167 Å². The van der Waals surface area contributed by atoms with Crippen molar-refractivity contribution in [3.63, 3.8) is 0 Å². The molecule has 0 aliphatic carbocycles. The first-order valence-corrected chi connectivity index (χ1v) is 9.90. The molecule has 1 aliphatic rings. The van der Waals surface area contributed by atoms with Crippen LogP contribution >= 0.6 is 11.6 Å². The maximum Gasteiger partial charge on any atom is 0.234 e.